The first-order chi connectivity index (χ1) is 6.85. The zero-order valence-electron chi connectivity index (χ0n) is 10.0. The standard InChI is InChI=1S/C10H11NO4.2Na/c1-10(11,9(14)15)7-4-2-6(3-5-7)8(12)13;;/h2-5H,11H2,1H3,(H,12,13)(H,14,15);;/q;2*+1/p-2. The summed E-state index contributed by atoms with van der Waals surface area (Å²) in [6.45, 7) is 1.27. The quantitative estimate of drug-likeness (QED) is 0.538. The molecule has 0 aliphatic rings. The van der Waals surface area contributed by atoms with E-state index in [-0.39, 0.29) is 70.2 Å². The minimum absolute atomic E-state index is 0. The van der Waals surface area contributed by atoms with Crippen LogP contribution in [0.1, 0.15) is 22.8 Å². The van der Waals surface area contributed by atoms with Crippen molar-refractivity contribution in [1.29, 1.82) is 0 Å². The molecule has 0 saturated carbocycles. The zero-order chi connectivity index (χ0) is 11.6. The maximum atomic E-state index is 10.7. The molecule has 0 saturated heterocycles. The molecule has 0 radical (unpaired) electrons. The van der Waals surface area contributed by atoms with Crippen LogP contribution in [-0.4, -0.2) is 11.9 Å². The third kappa shape index (κ3) is 4.71. The van der Waals surface area contributed by atoms with Gasteiger partial charge in [0.05, 0.1) is 17.5 Å². The van der Waals surface area contributed by atoms with Gasteiger partial charge in [0, 0.05) is 0 Å². The molecule has 0 amide bonds. The number of hydrogen-bond acceptors (Lipinski definition) is 5. The van der Waals surface area contributed by atoms with Gasteiger partial charge in [0.15, 0.2) is 0 Å². The van der Waals surface area contributed by atoms with Gasteiger partial charge in [-0.25, -0.2) is 0 Å². The number of carbonyl (C=O) groups is 2. The smallest absolute Gasteiger partial charge is 0.548 e. The fourth-order valence-electron chi connectivity index (χ4n) is 1.07. The average molecular weight is 253 g/mol. The van der Waals surface area contributed by atoms with E-state index in [0.717, 1.165) is 0 Å². The molecule has 0 bridgehead atoms. The van der Waals surface area contributed by atoms with Gasteiger partial charge in [-0.15, -0.1) is 0 Å². The van der Waals surface area contributed by atoms with Crippen molar-refractivity contribution in [2.24, 2.45) is 5.73 Å². The molecule has 0 fully saturated rings. The van der Waals surface area contributed by atoms with Gasteiger partial charge >= 0.3 is 59.1 Å². The fraction of sp³-hybridized carbons (Fsp3) is 0.200. The largest absolute Gasteiger partial charge is 1.00 e. The van der Waals surface area contributed by atoms with Gasteiger partial charge in [0.25, 0.3) is 0 Å². The van der Waals surface area contributed by atoms with Crippen molar-refractivity contribution >= 4 is 11.9 Å². The van der Waals surface area contributed by atoms with E-state index in [1.54, 1.807) is 0 Å². The Morgan fingerprint density at radius 1 is 1.12 bits per heavy atom. The maximum absolute atomic E-state index is 10.7. The van der Waals surface area contributed by atoms with Crippen LogP contribution in [0.15, 0.2) is 24.3 Å². The van der Waals surface area contributed by atoms with E-state index in [2.05, 4.69) is 0 Å². The molecule has 0 aliphatic heterocycles. The van der Waals surface area contributed by atoms with Crippen LogP contribution in [-0.2, 0) is 10.3 Å². The first-order valence-electron chi connectivity index (χ1n) is 4.18. The SMILES string of the molecule is CC(N)(C(=O)[O-])c1ccc(C(=O)[O-])cc1.[Na+].[Na+]. The Balaban J connectivity index is 0. The molecule has 2 N–H and O–H groups in total. The van der Waals surface area contributed by atoms with Crippen LogP contribution in [0.4, 0.5) is 0 Å². The monoisotopic (exact) mass is 253 g/mol. The number of aliphatic carboxylic acids is 1. The second-order valence-corrected chi connectivity index (χ2v) is 3.35. The molecule has 5 nitrogen and oxygen atoms in total. The van der Waals surface area contributed by atoms with E-state index in [1.165, 1.54) is 31.2 Å². The van der Waals surface area contributed by atoms with Gasteiger partial charge in [-0.2, -0.15) is 0 Å². The average Bonchev–Trinajstić information content (AvgIpc) is 2.17. The molecule has 7 heteroatoms. The van der Waals surface area contributed by atoms with Crippen molar-refractivity contribution in [1.82, 2.24) is 0 Å². The molecule has 1 atom stereocenters. The Bertz CT molecular complexity index is 403. The van der Waals surface area contributed by atoms with Crippen molar-refractivity contribution in [3.8, 4) is 0 Å². The van der Waals surface area contributed by atoms with Crippen molar-refractivity contribution < 1.29 is 78.9 Å². The summed E-state index contributed by atoms with van der Waals surface area (Å²) in [4.78, 5) is 21.1. The Labute approximate surface area is 143 Å². The number of benzene rings is 1. The molecule has 0 heterocycles. The van der Waals surface area contributed by atoms with Gasteiger partial charge in [0.1, 0.15) is 0 Å². The third-order valence-corrected chi connectivity index (χ3v) is 2.14. The van der Waals surface area contributed by atoms with Gasteiger partial charge in [0.2, 0.25) is 0 Å². The van der Waals surface area contributed by atoms with E-state index in [9.17, 15) is 19.8 Å². The predicted molar refractivity (Wildman–Crippen MR) is 47.3 cm³/mol. The van der Waals surface area contributed by atoms with Crippen molar-refractivity contribution in [3.05, 3.63) is 35.4 Å². The molecule has 0 spiro atoms. The molecule has 0 aromatic heterocycles. The summed E-state index contributed by atoms with van der Waals surface area (Å²) < 4.78 is 0. The van der Waals surface area contributed by atoms with E-state index in [1.807, 2.05) is 0 Å². The Kier molecular flexibility index (Phi) is 8.62. The van der Waals surface area contributed by atoms with E-state index < -0.39 is 17.5 Å². The fourth-order valence-corrected chi connectivity index (χ4v) is 1.07. The molecular formula is C10H9NNa2O4. The summed E-state index contributed by atoms with van der Waals surface area (Å²) in [6, 6.07) is 5.11. The molecule has 17 heavy (non-hydrogen) atoms. The summed E-state index contributed by atoms with van der Waals surface area (Å²) in [5.74, 6) is -2.75. The molecular weight excluding hydrogens is 244 g/mol. The summed E-state index contributed by atoms with van der Waals surface area (Å²) in [7, 11) is 0. The van der Waals surface area contributed by atoms with Crippen LogP contribution in [0, 0.1) is 0 Å². The topological polar surface area (TPSA) is 106 Å². The van der Waals surface area contributed by atoms with Crippen LogP contribution in [0.2, 0.25) is 0 Å². The third-order valence-electron chi connectivity index (χ3n) is 2.14. The number of hydrogen-bond donors (Lipinski definition) is 1. The van der Waals surface area contributed by atoms with Gasteiger partial charge in [-0.3, -0.25) is 0 Å². The molecule has 1 aromatic rings. The molecule has 0 aliphatic carbocycles. The molecule has 1 rings (SSSR count). The number of carboxylic acids is 2. The Morgan fingerprint density at radius 2 is 1.53 bits per heavy atom. The first kappa shape index (κ1) is 19.5. The van der Waals surface area contributed by atoms with Crippen LogP contribution in [0.5, 0.6) is 0 Å². The van der Waals surface area contributed by atoms with Gasteiger partial charge in [-0.1, -0.05) is 24.3 Å². The van der Waals surface area contributed by atoms with E-state index >= 15 is 0 Å². The zero-order valence-corrected chi connectivity index (χ0v) is 14.0. The molecule has 80 valence electrons. The number of nitrogens with two attached hydrogens (primary N) is 1. The Hall–Kier alpha value is 0.120. The number of carboxylic acid groups (broad SMARTS) is 2. The number of rotatable bonds is 3. The van der Waals surface area contributed by atoms with Crippen molar-refractivity contribution in [3.63, 3.8) is 0 Å². The second-order valence-electron chi connectivity index (χ2n) is 3.35. The van der Waals surface area contributed by atoms with Crippen LogP contribution in [0.3, 0.4) is 0 Å². The van der Waals surface area contributed by atoms with Crippen LogP contribution in [0.25, 0.3) is 0 Å². The summed E-state index contributed by atoms with van der Waals surface area (Å²) >= 11 is 0. The molecule has 1 unspecified atom stereocenters. The van der Waals surface area contributed by atoms with Gasteiger partial charge < -0.3 is 25.5 Å². The number of carbonyl (C=O) groups excluding carboxylic acids is 2. The maximum Gasteiger partial charge on any atom is 1.00 e. The summed E-state index contributed by atoms with van der Waals surface area (Å²) in [5.41, 5.74) is 4.08. The van der Waals surface area contributed by atoms with Crippen LogP contribution < -0.4 is 75.1 Å². The van der Waals surface area contributed by atoms with Gasteiger partial charge in [-0.05, 0) is 18.1 Å². The minimum Gasteiger partial charge on any atom is -0.548 e. The summed E-state index contributed by atoms with van der Waals surface area (Å²) in [6.07, 6.45) is 0. The normalized spacial score (nSPS) is 12.6. The number of aromatic carboxylic acids is 1. The first-order valence-corrected chi connectivity index (χ1v) is 4.18. The summed E-state index contributed by atoms with van der Waals surface area (Å²) in [5, 5.41) is 21.1. The van der Waals surface area contributed by atoms with Crippen molar-refractivity contribution in [2.75, 3.05) is 0 Å². The van der Waals surface area contributed by atoms with E-state index in [0.29, 0.717) is 0 Å². The van der Waals surface area contributed by atoms with Crippen molar-refractivity contribution in [2.45, 2.75) is 12.5 Å². The Morgan fingerprint density at radius 3 is 1.82 bits per heavy atom. The second kappa shape index (κ2) is 7.53. The van der Waals surface area contributed by atoms with E-state index in [4.69, 9.17) is 5.73 Å². The van der Waals surface area contributed by atoms with Crippen LogP contribution >= 0.6 is 0 Å². The molecule has 1 aromatic carbocycles. The minimum atomic E-state index is -1.63. The predicted octanol–water partition coefficient (Wildman–Crippen LogP) is -8.02.